The van der Waals surface area contributed by atoms with Crippen LogP contribution in [0.25, 0.3) is 5.69 Å². The standard InChI is InChI=1S/C17H19N3O4/c1-10-9-14(16(21)18-15(17(22)23)11-3-4-11)19-20(10)12-5-7-13(24-2)8-6-12/h5-9,11,15H,3-4H2,1-2H3,(H,18,21)(H,22,23). The van der Waals surface area contributed by atoms with Gasteiger partial charge in [0.15, 0.2) is 5.69 Å². The van der Waals surface area contributed by atoms with E-state index in [1.807, 2.05) is 31.2 Å². The van der Waals surface area contributed by atoms with Crippen LogP contribution in [-0.4, -0.2) is 39.9 Å². The average molecular weight is 329 g/mol. The number of aryl methyl sites for hydroxylation is 1. The molecule has 1 unspecified atom stereocenters. The molecule has 0 saturated heterocycles. The van der Waals surface area contributed by atoms with Crippen LogP contribution in [0.2, 0.25) is 0 Å². The first kappa shape index (κ1) is 16.0. The van der Waals surface area contributed by atoms with Crippen molar-refractivity contribution in [2.45, 2.75) is 25.8 Å². The van der Waals surface area contributed by atoms with Gasteiger partial charge in [-0.05, 0) is 56.0 Å². The van der Waals surface area contributed by atoms with Crippen LogP contribution in [0.1, 0.15) is 29.0 Å². The number of aliphatic carboxylic acids is 1. The molecule has 0 aliphatic heterocycles. The van der Waals surface area contributed by atoms with Gasteiger partial charge in [0.2, 0.25) is 0 Å². The van der Waals surface area contributed by atoms with Gasteiger partial charge in [0.25, 0.3) is 5.91 Å². The first-order valence-corrected chi connectivity index (χ1v) is 7.74. The molecule has 0 radical (unpaired) electrons. The lowest BCUT2D eigenvalue weighted by atomic mass is 10.2. The number of ether oxygens (including phenoxy) is 1. The molecule has 1 aromatic heterocycles. The van der Waals surface area contributed by atoms with E-state index in [0.29, 0.717) is 0 Å². The van der Waals surface area contributed by atoms with Crippen molar-refractivity contribution >= 4 is 11.9 Å². The maximum absolute atomic E-state index is 12.3. The Morgan fingerprint density at radius 2 is 2.00 bits per heavy atom. The van der Waals surface area contributed by atoms with Crippen molar-refractivity contribution in [3.63, 3.8) is 0 Å². The Morgan fingerprint density at radius 1 is 1.33 bits per heavy atom. The van der Waals surface area contributed by atoms with Gasteiger partial charge in [0.1, 0.15) is 11.8 Å². The fourth-order valence-electron chi connectivity index (χ4n) is 2.60. The maximum Gasteiger partial charge on any atom is 0.326 e. The molecule has 24 heavy (non-hydrogen) atoms. The van der Waals surface area contributed by atoms with Crippen LogP contribution in [-0.2, 0) is 4.79 Å². The fraction of sp³-hybridized carbons (Fsp3) is 0.353. The molecule has 1 aliphatic rings. The van der Waals surface area contributed by atoms with E-state index in [0.717, 1.165) is 30.0 Å². The number of amides is 1. The third kappa shape index (κ3) is 3.24. The zero-order valence-corrected chi connectivity index (χ0v) is 13.5. The van der Waals surface area contributed by atoms with Gasteiger partial charge < -0.3 is 15.2 Å². The molecule has 0 spiro atoms. The van der Waals surface area contributed by atoms with Crippen molar-refractivity contribution < 1.29 is 19.4 Å². The topological polar surface area (TPSA) is 93.5 Å². The van der Waals surface area contributed by atoms with Crippen molar-refractivity contribution in [1.82, 2.24) is 15.1 Å². The summed E-state index contributed by atoms with van der Waals surface area (Å²) in [5, 5.41) is 16.1. The molecule has 1 saturated carbocycles. The number of hydrogen-bond donors (Lipinski definition) is 2. The fourth-order valence-corrected chi connectivity index (χ4v) is 2.60. The van der Waals surface area contributed by atoms with Crippen molar-refractivity contribution in [2.75, 3.05) is 7.11 Å². The highest BCUT2D eigenvalue weighted by molar-refractivity contribution is 5.95. The number of carboxylic acid groups (broad SMARTS) is 1. The lowest BCUT2D eigenvalue weighted by molar-refractivity contribution is -0.139. The highest BCUT2D eigenvalue weighted by Gasteiger charge is 2.37. The first-order chi connectivity index (χ1) is 11.5. The minimum absolute atomic E-state index is 0.0243. The van der Waals surface area contributed by atoms with Crippen LogP contribution in [0, 0.1) is 12.8 Å². The minimum atomic E-state index is -1.00. The number of aromatic nitrogens is 2. The molecule has 1 amide bonds. The second kappa shape index (κ2) is 6.35. The Balaban J connectivity index is 1.79. The monoisotopic (exact) mass is 329 g/mol. The minimum Gasteiger partial charge on any atom is -0.497 e. The van der Waals surface area contributed by atoms with Crippen molar-refractivity contribution in [2.24, 2.45) is 5.92 Å². The molecule has 2 N–H and O–H groups in total. The molecule has 126 valence electrons. The van der Waals surface area contributed by atoms with Crippen LogP contribution < -0.4 is 10.1 Å². The number of methoxy groups -OCH3 is 1. The Labute approximate surface area is 139 Å². The summed E-state index contributed by atoms with van der Waals surface area (Å²) in [4.78, 5) is 23.6. The molecule has 1 fully saturated rings. The summed E-state index contributed by atoms with van der Waals surface area (Å²) in [7, 11) is 1.59. The van der Waals surface area contributed by atoms with Crippen LogP contribution in [0.5, 0.6) is 5.75 Å². The smallest absolute Gasteiger partial charge is 0.326 e. The number of rotatable bonds is 6. The van der Waals surface area contributed by atoms with E-state index < -0.39 is 17.9 Å². The van der Waals surface area contributed by atoms with E-state index in [9.17, 15) is 14.7 Å². The van der Waals surface area contributed by atoms with Gasteiger partial charge in [-0.3, -0.25) is 4.79 Å². The Bertz CT molecular complexity index is 763. The van der Waals surface area contributed by atoms with Crippen molar-refractivity contribution in [3.05, 3.63) is 41.7 Å². The van der Waals surface area contributed by atoms with Gasteiger partial charge in [-0.1, -0.05) is 0 Å². The largest absolute Gasteiger partial charge is 0.497 e. The molecular formula is C17H19N3O4. The number of nitrogens with zero attached hydrogens (tertiary/aromatic N) is 2. The van der Waals surface area contributed by atoms with E-state index in [2.05, 4.69) is 10.4 Å². The summed E-state index contributed by atoms with van der Waals surface area (Å²) in [5.41, 5.74) is 1.78. The number of nitrogens with one attached hydrogen (secondary N) is 1. The average Bonchev–Trinajstić information content (AvgIpc) is 3.33. The highest BCUT2D eigenvalue weighted by atomic mass is 16.5. The van der Waals surface area contributed by atoms with E-state index in [1.54, 1.807) is 17.9 Å². The molecule has 1 aliphatic carbocycles. The molecule has 3 rings (SSSR count). The van der Waals surface area contributed by atoms with Gasteiger partial charge in [-0.25, -0.2) is 9.48 Å². The van der Waals surface area contributed by atoms with Gasteiger partial charge in [0.05, 0.1) is 12.8 Å². The second-order valence-electron chi connectivity index (χ2n) is 5.91. The summed E-state index contributed by atoms with van der Waals surface area (Å²) < 4.78 is 6.76. The third-order valence-electron chi connectivity index (χ3n) is 4.08. The predicted molar refractivity (Wildman–Crippen MR) is 86.5 cm³/mol. The summed E-state index contributed by atoms with van der Waals surface area (Å²) >= 11 is 0. The van der Waals surface area contributed by atoms with E-state index in [-0.39, 0.29) is 11.6 Å². The van der Waals surface area contributed by atoms with Crippen LogP contribution in [0.15, 0.2) is 30.3 Å². The molecule has 1 heterocycles. The highest BCUT2D eigenvalue weighted by Crippen LogP contribution is 2.32. The summed E-state index contributed by atoms with van der Waals surface area (Å²) in [6, 6.07) is 8.10. The van der Waals surface area contributed by atoms with Crippen LogP contribution in [0.4, 0.5) is 0 Å². The van der Waals surface area contributed by atoms with Crippen molar-refractivity contribution in [3.8, 4) is 11.4 Å². The Morgan fingerprint density at radius 3 is 2.54 bits per heavy atom. The Kier molecular flexibility index (Phi) is 4.24. The van der Waals surface area contributed by atoms with E-state index >= 15 is 0 Å². The number of carboxylic acids is 1. The Hall–Kier alpha value is -2.83. The quantitative estimate of drug-likeness (QED) is 0.842. The molecule has 0 bridgehead atoms. The zero-order chi connectivity index (χ0) is 17.3. The lowest BCUT2D eigenvalue weighted by Crippen LogP contribution is -2.42. The van der Waals surface area contributed by atoms with Crippen LogP contribution >= 0.6 is 0 Å². The molecular weight excluding hydrogens is 310 g/mol. The molecule has 7 nitrogen and oxygen atoms in total. The zero-order valence-electron chi connectivity index (χ0n) is 13.5. The van der Waals surface area contributed by atoms with Gasteiger partial charge in [0, 0.05) is 5.69 Å². The lowest BCUT2D eigenvalue weighted by Gasteiger charge is -2.12. The molecule has 1 aromatic carbocycles. The number of carbonyl (C=O) groups is 2. The number of carbonyl (C=O) groups excluding carboxylic acids is 1. The third-order valence-corrected chi connectivity index (χ3v) is 4.08. The predicted octanol–water partition coefficient (Wildman–Crippen LogP) is 1.78. The normalized spacial score (nSPS) is 14.9. The van der Waals surface area contributed by atoms with E-state index in [1.165, 1.54) is 0 Å². The molecule has 7 heteroatoms. The number of hydrogen-bond acceptors (Lipinski definition) is 4. The van der Waals surface area contributed by atoms with Gasteiger partial charge >= 0.3 is 5.97 Å². The van der Waals surface area contributed by atoms with Gasteiger partial charge in [-0.2, -0.15) is 5.10 Å². The second-order valence-corrected chi connectivity index (χ2v) is 5.91. The molecule has 2 aromatic rings. The van der Waals surface area contributed by atoms with Crippen LogP contribution in [0.3, 0.4) is 0 Å². The number of benzene rings is 1. The van der Waals surface area contributed by atoms with Gasteiger partial charge in [-0.15, -0.1) is 0 Å². The maximum atomic E-state index is 12.3. The SMILES string of the molecule is COc1ccc(-n2nc(C(=O)NC(C(=O)O)C3CC3)cc2C)cc1. The van der Waals surface area contributed by atoms with Crippen molar-refractivity contribution in [1.29, 1.82) is 0 Å². The van der Waals surface area contributed by atoms with E-state index in [4.69, 9.17) is 4.74 Å². The first-order valence-electron chi connectivity index (χ1n) is 7.74. The summed E-state index contributed by atoms with van der Waals surface area (Å²) in [6.07, 6.45) is 1.66. The molecule has 1 atom stereocenters. The summed E-state index contributed by atoms with van der Waals surface area (Å²) in [6.45, 7) is 1.84. The summed E-state index contributed by atoms with van der Waals surface area (Å²) in [5.74, 6) is -0.715.